The Morgan fingerprint density at radius 1 is 1.73 bits per heavy atom. The molecule has 0 saturated heterocycles. The Labute approximate surface area is 75.9 Å². The third-order valence-corrected chi connectivity index (χ3v) is 2.33. The largest absolute Gasteiger partial charge is 0.181 e. The number of hydrogen-bond acceptors (Lipinski definition) is 3. The molecule has 0 aromatic carbocycles. The summed E-state index contributed by atoms with van der Waals surface area (Å²) < 4.78 is 7.99. The molecule has 1 aromatic heterocycles. The molecule has 0 spiro atoms. The van der Waals surface area contributed by atoms with Crippen LogP contribution in [0.4, 0.5) is 0 Å². The second-order valence-corrected chi connectivity index (χ2v) is 3.66. The first-order valence-corrected chi connectivity index (χ1v) is 4.90. The van der Waals surface area contributed by atoms with Gasteiger partial charge in [0.1, 0.15) is 0 Å². The van der Waals surface area contributed by atoms with Crippen molar-refractivity contribution in [3.05, 3.63) is 11.9 Å². The lowest BCUT2D eigenvalue weighted by molar-refractivity contribution is 0.719. The average molecular weight is 191 g/mol. The summed E-state index contributed by atoms with van der Waals surface area (Å²) in [5.74, 6) is 0. The van der Waals surface area contributed by atoms with Gasteiger partial charge in [-0.2, -0.15) is 8.75 Å². The van der Waals surface area contributed by atoms with Crippen LogP contribution >= 0.6 is 23.3 Å². The Balaban J connectivity index is 2.31. The number of hydrogen-bond donors (Lipinski definition) is 0. The van der Waals surface area contributed by atoms with Crippen molar-refractivity contribution < 1.29 is 0 Å². The summed E-state index contributed by atoms with van der Waals surface area (Å²) in [6, 6.07) is 0. The molecular weight excluding hydrogens is 180 g/mol. The number of rotatable bonds is 4. The van der Waals surface area contributed by atoms with Crippen LogP contribution in [0.25, 0.3) is 0 Å². The average Bonchev–Trinajstić information content (AvgIpc) is 2.40. The van der Waals surface area contributed by atoms with Gasteiger partial charge in [0.25, 0.3) is 0 Å². The van der Waals surface area contributed by atoms with Crippen molar-refractivity contribution in [1.82, 2.24) is 8.75 Å². The summed E-state index contributed by atoms with van der Waals surface area (Å²) in [7, 11) is 0. The van der Waals surface area contributed by atoms with Crippen molar-refractivity contribution in [2.45, 2.75) is 31.6 Å². The van der Waals surface area contributed by atoms with Crippen LogP contribution in [0.3, 0.4) is 0 Å². The van der Waals surface area contributed by atoms with Crippen molar-refractivity contribution in [3.8, 4) is 0 Å². The third-order valence-electron chi connectivity index (χ3n) is 1.44. The van der Waals surface area contributed by atoms with Gasteiger partial charge >= 0.3 is 0 Å². The maximum atomic E-state index is 6.01. The number of halogens is 1. The molecule has 4 heteroatoms. The normalized spacial score (nSPS) is 13.3. The van der Waals surface area contributed by atoms with Gasteiger partial charge < -0.3 is 0 Å². The standard InChI is InChI=1S/C7H11ClN2S/c1-2-3-6(8)4-7-5-9-11-10-7/h5-6H,2-4H2,1H3. The smallest absolute Gasteiger partial charge is 0.0757 e. The fourth-order valence-electron chi connectivity index (χ4n) is 0.916. The molecule has 0 fully saturated rings. The van der Waals surface area contributed by atoms with Gasteiger partial charge in [-0.05, 0) is 6.42 Å². The minimum Gasteiger partial charge on any atom is -0.181 e. The highest BCUT2D eigenvalue weighted by molar-refractivity contribution is 6.99. The van der Waals surface area contributed by atoms with Gasteiger partial charge in [0.2, 0.25) is 0 Å². The first kappa shape index (κ1) is 8.94. The van der Waals surface area contributed by atoms with E-state index in [1.807, 2.05) is 0 Å². The monoisotopic (exact) mass is 190 g/mol. The predicted molar refractivity (Wildman–Crippen MR) is 48.2 cm³/mol. The summed E-state index contributed by atoms with van der Waals surface area (Å²) in [6.45, 7) is 2.13. The van der Waals surface area contributed by atoms with Gasteiger partial charge in [0, 0.05) is 11.8 Å². The zero-order chi connectivity index (χ0) is 8.10. The molecule has 0 amide bonds. The van der Waals surface area contributed by atoms with Gasteiger partial charge in [-0.1, -0.05) is 13.3 Å². The zero-order valence-corrected chi connectivity index (χ0v) is 8.03. The summed E-state index contributed by atoms with van der Waals surface area (Å²) in [5.41, 5.74) is 1.02. The van der Waals surface area contributed by atoms with E-state index in [1.54, 1.807) is 6.20 Å². The summed E-state index contributed by atoms with van der Waals surface area (Å²) >= 11 is 7.25. The maximum absolute atomic E-state index is 6.01. The minimum absolute atomic E-state index is 0.226. The number of aromatic nitrogens is 2. The van der Waals surface area contributed by atoms with Crippen LogP contribution in [-0.2, 0) is 6.42 Å². The second kappa shape index (κ2) is 4.67. The van der Waals surface area contributed by atoms with Crippen LogP contribution in [0.5, 0.6) is 0 Å². The van der Waals surface area contributed by atoms with Gasteiger partial charge in [-0.3, -0.25) is 0 Å². The fourth-order valence-corrected chi connectivity index (χ4v) is 1.74. The van der Waals surface area contributed by atoms with Crippen LogP contribution in [0, 0.1) is 0 Å². The highest BCUT2D eigenvalue weighted by Gasteiger charge is 2.05. The Kier molecular flexibility index (Phi) is 3.80. The molecule has 0 aliphatic carbocycles. The molecule has 1 unspecified atom stereocenters. The summed E-state index contributed by atoms with van der Waals surface area (Å²) in [5, 5.41) is 0.226. The van der Waals surface area contributed by atoms with Gasteiger partial charge in [-0.15, -0.1) is 11.6 Å². The molecular formula is C7H11ClN2S. The van der Waals surface area contributed by atoms with E-state index in [0.29, 0.717) is 0 Å². The minimum atomic E-state index is 0.226. The quantitative estimate of drug-likeness (QED) is 0.682. The Bertz CT molecular complexity index is 188. The molecule has 0 bridgehead atoms. The lowest BCUT2D eigenvalue weighted by Crippen LogP contribution is -2.02. The molecule has 0 aliphatic rings. The first-order chi connectivity index (χ1) is 5.33. The summed E-state index contributed by atoms with van der Waals surface area (Å²) in [6.07, 6.45) is 4.83. The summed E-state index contributed by atoms with van der Waals surface area (Å²) in [4.78, 5) is 0. The van der Waals surface area contributed by atoms with Gasteiger partial charge in [0.05, 0.1) is 23.6 Å². The SMILES string of the molecule is CCCC(Cl)Cc1cnsn1. The molecule has 1 rings (SSSR count). The molecule has 1 aromatic rings. The fraction of sp³-hybridized carbons (Fsp3) is 0.714. The molecule has 2 nitrogen and oxygen atoms in total. The van der Waals surface area contributed by atoms with E-state index in [4.69, 9.17) is 11.6 Å². The third kappa shape index (κ3) is 3.16. The molecule has 0 N–H and O–H groups in total. The van der Waals surface area contributed by atoms with Crippen LogP contribution in [-0.4, -0.2) is 14.1 Å². The topological polar surface area (TPSA) is 25.8 Å². The molecule has 0 aliphatic heterocycles. The van der Waals surface area contributed by atoms with E-state index < -0.39 is 0 Å². The van der Waals surface area contributed by atoms with Crippen molar-refractivity contribution >= 4 is 23.3 Å². The number of alkyl halides is 1. The number of nitrogens with zero attached hydrogens (tertiary/aromatic N) is 2. The van der Waals surface area contributed by atoms with Gasteiger partial charge in [-0.25, -0.2) is 0 Å². The Hall–Kier alpha value is -0.150. The van der Waals surface area contributed by atoms with E-state index in [0.717, 1.165) is 25.0 Å². The van der Waals surface area contributed by atoms with E-state index in [2.05, 4.69) is 15.7 Å². The van der Waals surface area contributed by atoms with Crippen LogP contribution in [0.2, 0.25) is 0 Å². The van der Waals surface area contributed by atoms with Crippen LogP contribution < -0.4 is 0 Å². The van der Waals surface area contributed by atoms with E-state index in [1.165, 1.54) is 11.7 Å². The lowest BCUT2D eigenvalue weighted by atomic mass is 10.2. The molecule has 62 valence electrons. The molecule has 0 radical (unpaired) electrons. The van der Waals surface area contributed by atoms with E-state index in [9.17, 15) is 0 Å². The van der Waals surface area contributed by atoms with Crippen molar-refractivity contribution in [2.24, 2.45) is 0 Å². The highest BCUT2D eigenvalue weighted by atomic mass is 35.5. The molecule has 11 heavy (non-hydrogen) atoms. The van der Waals surface area contributed by atoms with Crippen molar-refractivity contribution in [2.75, 3.05) is 0 Å². The first-order valence-electron chi connectivity index (χ1n) is 3.73. The Morgan fingerprint density at radius 3 is 3.09 bits per heavy atom. The van der Waals surface area contributed by atoms with Crippen LogP contribution in [0.1, 0.15) is 25.5 Å². The maximum Gasteiger partial charge on any atom is 0.0757 e. The lowest BCUT2D eigenvalue weighted by Gasteiger charge is -2.03. The van der Waals surface area contributed by atoms with Crippen molar-refractivity contribution in [1.29, 1.82) is 0 Å². The Morgan fingerprint density at radius 2 is 2.55 bits per heavy atom. The van der Waals surface area contributed by atoms with Gasteiger partial charge in [0.15, 0.2) is 0 Å². The van der Waals surface area contributed by atoms with E-state index in [-0.39, 0.29) is 5.38 Å². The second-order valence-electron chi connectivity index (χ2n) is 2.49. The highest BCUT2D eigenvalue weighted by Crippen LogP contribution is 2.11. The zero-order valence-electron chi connectivity index (χ0n) is 6.46. The molecule has 1 atom stereocenters. The van der Waals surface area contributed by atoms with Crippen LogP contribution in [0.15, 0.2) is 6.20 Å². The van der Waals surface area contributed by atoms with Crippen molar-refractivity contribution in [3.63, 3.8) is 0 Å². The van der Waals surface area contributed by atoms with E-state index >= 15 is 0 Å². The predicted octanol–water partition coefficient (Wildman–Crippen LogP) is 2.49. The molecule has 0 saturated carbocycles. The molecule has 1 heterocycles.